The normalized spacial score (nSPS) is 15.1. The highest BCUT2D eigenvalue weighted by Gasteiger charge is 2.34. The van der Waals surface area contributed by atoms with Crippen LogP contribution in [0.2, 0.25) is 0 Å². The van der Waals surface area contributed by atoms with Gasteiger partial charge in [0.05, 0.1) is 9.79 Å². The van der Waals surface area contributed by atoms with Crippen LogP contribution >= 0.6 is 0 Å². The van der Waals surface area contributed by atoms with Crippen LogP contribution in [0.5, 0.6) is 0 Å². The quantitative estimate of drug-likeness (QED) is 0.599. The molecular weight excluding hydrogens is 472 g/mol. The smallest absolute Gasteiger partial charge is 0.262 e. The maximum absolute atomic E-state index is 13.3. The van der Waals surface area contributed by atoms with E-state index in [2.05, 4.69) is 9.12 Å². The molecule has 0 saturated heterocycles. The summed E-state index contributed by atoms with van der Waals surface area (Å²) in [5.41, 5.74) is 1.48. The Kier molecular flexibility index (Phi) is 5.23. The van der Waals surface area contributed by atoms with Crippen LogP contribution in [-0.4, -0.2) is 31.1 Å². The lowest BCUT2D eigenvalue weighted by atomic mass is 10.2. The summed E-state index contributed by atoms with van der Waals surface area (Å²) < 4.78 is 83.2. The van der Waals surface area contributed by atoms with Gasteiger partial charge in [0, 0.05) is 5.56 Å². The van der Waals surface area contributed by atoms with Crippen molar-refractivity contribution in [2.24, 2.45) is 4.40 Å². The predicted molar refractivity (Wildman–Crippen MR) is 118 cm³/mol. The number of aryl methyl sites for hydroxylation is 2. The van der Waals surface area contributed by atoms with Crippen LogP contribution in [0.4, 0.5) is 0 Å². The number of nitrogens with one attached hydrogen (secondary N) is 1. The fraction of sp³-hybridized carbons (Fsp3) is 0.0952. The van der Waals surface area contributed by atoms with Gasteiger partial charge in [-0.3, -0.25) is 4.72 Å². The first-order chi connectivity index (χ1) is 14.9. The molecule has 1 aliphatic rings. The molecule has 0 fully saturated rings. The molecule has 0 bridgehead atoms. The van der Waals surface area contributed by atoms with E-state index >= 15 is 0 Å². The van der Waals surface area contributed by atoms with Crippen LogP contribution in [0.25, 0.3) is 0 Å². The highest BCUT2D eigenvalue weighted by Crippen LogP contribution is 2.30. The highest BCUT2D eigenvalue weighted by molar-refractivity contribution is 7.94. The zero-order valence-corrected chi connectivity index (χ0v) is 19.4. The van der Waals surface area contributed by atoms with E-state index < -0.39 is 39.7 Å². The third-order valence-electron chi connectivity index (χ3n) is 4.87. The molecule has 32 heavy (non-hydrogen) atoms. The summed E-state index contributed by atoms with van der Waals surface area (Å²) in [6.45, 7) is 3.44. The second kappa shape index (κ2) is 7.54. The van der Waals surface area contributed by atoms with Gasteiger partial charge < -0.3 is 0 Å². The average Bonchev–Trinajstić information content (AvgIpc) is 2.98. The number of hydrogen-bond donors (Lipinski definition) is 1. The number of benzene rings is 3. The third-order valence-corrected chi connectivity index (χ3v) is 9.54. The molecule has 0 radical (unpaired) electrons. The summed E-state index contributed by atoms with van der Waals surface area (Å²) in [6, 6.07) is 15.7. The van der Waals surface area contributed by atoms with E-state index in [1.165, 1.54) is 48.5 Å². The number of fused-ring (bicyclic) bond motifs is 1. The van der Waals surface area contributed by atoms with E-state index in [1.54, 1.807) is 32.0 Å². The van der Waals surface area contributed by atoms with Crippen LogP contribution in [0.3, 0.4) is 0 Å². The van der Waals surface area contributed by atoms with Gasteiger partial charge in [0.1, 0.15) is 9.79 Å². The molecule has 11 heteroatoms. The van der Waals surface area contributed by atoms with E-state index in [4.69, 9.17) is 0 Å². The van der Waals surface area contributed by atoms with Gasteiger partial charge in [-0.25, -0.2) is 16.8 Å². The molecular formula is C21H18N2O6S3. The largest absolute Gasteiger partial charge is 0.285 e. The fourth-order valence-electron chi connectivity index (χ4n) is 3.25. The van der Waals surface area contributed by atoms with Gasteiger partial charge >= 0.3 is 0 Å². The van der Waals surface area contributed by atoms with Gasteiger partial charge in [-0.2, -0.15) is 8.42 Å². The van der Waals surface area contributed by atoms with Crippen molar-refractivity contribution in [3.05, 3.63) is 83.4 Å². The third kappa shape index (κ3) is 3.83. The Balaban J connectivity index is 1.84. The van der Waals surface area contributed by atoms with E-state index in [0.717, 1.165) is 5.56 Å². The van der Waals surface area contributed by atoms with Crippen molar-refractivity contribution in [3.63, 3.8) is 0 Å². The molecule has 8 nitrogen and oxygen atoms in total. The first kappa shape index (κ1) is 22.2. The lowest BCUT2D eigenvalue weighted by molar-refractivity contribution is 0.580. The lowest BCUT2D eigenvalue weighted by Gasteiger charge is -2.14. The predicted octanol–water partition coefficient (Wildman–Crippen LogP) is 2.56. The number of amidine groups is 1. The lowest BCUT2D eigenvalue weighted by Crippen LogP contribution is -2.31. The second-order valence-corrected chi connectivity index (χ2v) is 12.4. The van der Waals surface area contributed by atoms with Crippen LogP contribution < -0.4 is 4.72 Å². The van der Waals surface area contributed by atoms with Crippen LogP contribution in [0, 0.1) is 13.8 Å². The summed E-state index contributed by atoms with van der Waals surface area (Å²) in [4.78, 5) is -1.11. The summed E-state index contributed by atoms with van der Waals surface area (Å²) in [5, 5.41) is 0. The molecule has 0 aliphatic carbocycles. The van der Waals surface area contributed by atoms with Crippen molar-refractivity contribution in [1.82, 2.24) is 4.72 Å². The van der Waals surface area contributed by atoms with E-state index in [0.29, 0.717) is 5.56 Å². The van der Waals surface area contributed by atoms with Gasteiger partial charge in [-0.15, -0.1) is 4.40 Å². The topological polar surface area (TPSA) is 127 Å². The van der Waals surface area contributed by atoms with E-state index in [9.17, 15) is 25.3 Å². The molecule has 4 rings (SSSR count). The molecule has 166 valence electrons. The summed E-state index contributed by atoms with van der Waals surface area (Å²) >= 11 is 0. The maximum atomic E-state index is 13.3. The summed E-state index contributed by atoms with van der Waals surface area (Å²) in [5.74, 6) is -0.389. The molecule has 1 heterocycles. The van der Waals surface area contributed by atoms with Crippen molar-refractivity contribution in [1.29, 1.82) is 0 Å². The molecule has 0 aromatic heterocycles. The zero-order valence-electron chi connectivity index (χ0n) is 17.0. The monoisotopic (exact) mass is 490 g/mol. The molecule has 0 atom stereocenters. The van der Waals surface area contributed by atoms with Crippen molar-refractivity contribution >= 4 is 35.7 Å². The minimum atomic E-state index is -4.51. The molecule has 1 N–H and O–H groups in total. The summed E-state index contributed by atoms with van der Waals surface area (Å²) in [6.07, 6.45) is 0. The highest BCUT2D eigenvalue weighted by atomic mass is 32.2. The number of nitrogens with zero attached hydrogens (tertiary/aromatic N) is 1. The van der Waals surface area contributed by atoms with Crippen molar-refractivity contribution in [2.45, 2.75) is 33.4 Å². The van der Waals surface area contributed by atoms with Crippen LogP contribution in [-0.2, 0) is 29.9 Å². The Morgan fingerprint density at radius 2 is 1.41 bits per heavy atom. The fourth-order valence-corrected chi connectivity index (χ4v) is 7.66. The average molecular weight is 491 g/mol. The Hall–Kier alpha value is -3.02. The number of sulfonamides is 2. The maximum Gasteiger partial charge on any atom is 0.285 e. The summed E-state index contributed by atoms with van der Waals surface area (Å²) in [7, 11) is -12.8. The molecule has 0 spiro atoms. The minimum absolute atomic E-state index is 0.0590. The molecule has 3 aromatic rings. The second-order valence-electron chi connectivity index (χ2n) is 7.28. The Morgan fingerprint density at radius 3 is 2.09 bits per heavy atom. The number of hydrogen-bond acceptors (Lipinski definition) is 6. The van der Waals surface area contributed by atoms with Crippen molar-refractivity contribution < 1.29 is 25.3 Å². The zero-order chi connectivity index (χ0) is 23.3. The van der Waals surface area contributed by atoms with Gasteiger partial charge in [-0.1, -0.05) is 35.9 Å². The van der Waals surface area contributed by atoms with E-state index in [-0.39, 0.29) is 21.2 Å². The van der Waals surface area contributed by atoms with Crippen LogP contribution in [0.1, 0.15) is 16.7 Å². The van der Waals surface area contributed by atoms with Gasteiger partial charge in [-0.05, 0) is 55.8 Å². The Bertz CT molecular complexity index is 1590. The number of sulfone groups is 1. The van der Waals surface area contributed by atoms with Crippen molar-refractivity contribution in [2.75, 3.05) is 0 Å². The molecule has 0 amide bonds. The Morgan fingerprint density at radius 1 is 0.781 bits per heavy atom. The van der Waals surface area contributed by atoms with Gasteiger partial charge in [0.25, 0.3) is 20.0 Å². The first-order valence-electron chi connectivity index (χ1n) is 9.31. The number of rotatable bonds is 4. The first-order valence-corrected chi connectivity index (χ1v) is 13.7. The van der Waals surface area contributed by atoms with Crippen LogP contribution in [0.15, 0.2) is 90.7 Å². The minimum Gasteiger partial charge on any atom is -0.262 e. The van der Waals surface area contributed by atoms with Gasteiger partial charge in [0.2, 0.25) is 9.84 Å². The molecule has 1 aliphatic heterocycles. The Labute approximate surface area is 186 Å². The SMILES string of the molecule is Cc1ccc(S(=O)(=O)c2cc(C)ccc2S(=O)(=O)NC2=NS(=O)(=O)c3ccccc32)cc1. The standard InChI is InChI=1S/C21H18N2O6S3/c1-14-7-10-16(11-8-14)30(24,25)20-13-15(2)9-12-19(20)32(28,29)23-21-17-5-3-4-6-18(17)31(26,27)22-21/h3-13H,1-2H3,(H,22,23). The van der Waals surface area contributed by atoms with E-state index in [1.807, 2.05) is 0 Å². The molecule has 3 aromatic carbocycles. The van der Waals surface area contributed by atoms with Crippen molar-refractivity contribution in [3.8, 4) is 0 Å². The molecule has 0 saturated carbocycles. The molecule has 0 unspecified atom stereocenters. The van der Waals surface area contributed by atoms with Gasteiger partial charge in [0.15, 0.2) is 5.84 Å².